The third-order valence-electron chi connectivity index (χ3n) is 1.50. The van der Waals surface area contributed by atoms with Crippen LogP contribution in [0.4, 0.5) is 5.82 Å². The molecular formula is C7H7ClN2O. The molecule has 0 unspecified atom stereocenters. The van der Waals surface area contributed by atoms with E-state index in [0.29, 0.717) is 17.4 Å². The van der Waals surface area contributed by atoms with Gasteiger partial charge in [-0.1, -0.05) is 11.6 Å². The first-order valence-electron chi connectivity index (χ1n) is 3.39. The van der Waals surface area contributed by atoms with Crippen molar-refractivity contribution in [1.29, 1.82) is 0 Å². The molecule has 0 bridgehead atoms. The van der Waals surface area contributed by atoms with Crippen molar-refractivity contribution in [2.45, 2.75) is 0 Å². The molecule has 0 aromatic carbocycles. The van der Waals surface area contributed by atoms with Gasteiger partial charge in [-0.25, -0.2) is 4.98 Å². The number of ether oxygens (including phenoxy) is 1. The van der Waals surface area contributed by atoms with Crippen LogP contribution in [0.5, 0.6) is 5.75 Å². The quantitative estimate of drug-likeness (QED) is 0.642. The zero-order valence-electron chi connectivity index (χ0n) is 5.80. The monoisotopic (exact) mass is 170 g/mol. The summed E-state index contributed by atoms with van der Waals surface area (Å²) < 4.78 is 5.30. The Balaban J connectivity index is 2.49. The number of pyridine rings is 1. The summed E-state index contributed by atoms with van der Waals surface area (Å²) >= 11 is 5.84. The molecule has 1 aromatic heterocycles. The molecule has 1 aromatic rings. The maximum Gasteiger partial charge on any atom is 0.180 e. The third-order valence-corrected chi connectivity index (χ3v) is 1.80. The van der Waals surface area contributed by atoms with Crippen LogP contribution in [-0.2, 0) is 0 Å². The van der Waals surface area contributed by atoms with Crippen molar-refractivity contribution in [3.8, 4) is 5.75 Å². The molecule has 0 saturated heterocycles. The highest BCUT2D eigenvalue weighted by molar-refractivity contribution is 6.32. The Morgan fingerprint density at radius 1 is 1.64 bits per heavy atom. The summed E-state index contributed by atoms with van der Waals surface area (Å²) in [6.07, 6.45) is 1.66. The predicted molar refractivity (Wildman–Crippen MR) is 43.2 cm³/mol. The second-order valence-electron chi connectivity index (χ2n) is 2.25. The highest BCUT2D eigenvalue weighted by Crippen LogP contribution is 2.32. The van der Waals surface area contributed by atoms with E-state index in [9.17, 15) is 0 Å². The molecule has 0 atom stereocenters. The van der Waals surface area contributed by atoms with Gasteiger partial charge in [-0.2, -0.15) is 0 Å². The molecule has 0 saturated carbocycles. The third kappa shape index (κ3) is 1.12. The molecule has 1 aliphatic heterocycles. The van der Waals surface area contributed by atoms with Crippen LogP contribution in [-0.4, -0.2) is 18.1 Å². The summed E-state index contributed by atoms with van der Waals surface area (Å²) in [7, 11) is 0. The highest BCUT2D eigenvalue weighted by Gasteiger charge is 2.12. The van der Waals surface area contributed by atoms with E-state index in [-0.39, 0.29) is 0 Å². The van der Waals surface area contributed by atoms with E-state index in [4.69, 9.17) is 16.3 Å². The van der Waals surface area contributed by atoms with Crippen LogP contribution < -0.4 is 10.1 Å². The zero-order chi connectivity index (χ0) is 7.68. The number of halogens is 1. The van der Waals surface area contributed by atoms with E-state index in [1.165, 1.54) is 0 Å². The largest absolute Gasteiger partial charge is 0.486 e. The lowest BCUT2D eigenvalue weighted by molar-refractivity contribution is 0.321. The van der Waals surface area contributed by atoms with Gasteiger partial charge in [-0.15, -0.1) is 0 Å². The first kappa shape index (κ1) is 6.73. The van der Waals surface area contributed by atoms with Gasteiger partial charge >= 0.3 is 0 Å². The van der Waals surface area contributed by atoms with Crippen molar-refractivity contribution >= 4 is 17.4 Å². The molecule has 4 heteroatoms. The molecule has 2 heterocycles. The lowest BCUT2D eigenvalue weighted by Gasteiger charge is -2.18. The van der Waals surface area contributed by atoms with E-state index in [1.54, 1.807) is 12.3 Å². The van der Waals surface area contributed by atoms with E-state index in [0.717, 1.165) is 12.4 Å². The number of nitrogens with one attached hydrogen (secondary N) is 1. The first-order chi connectivity index (χ1) is 5.38. The van der Waals surface area contributed by atoms with Crippen LogP contribution >= 0.6 is 11.6 Å². The molecule has 2 rings (SSSR count). The second-order valence-corrected chi connectivity index (χ2v) is 2.65. The Labute approximate surface area is 69.3 Å². The van der Waals surface area contributed by atoms with Crippen molar-refractivity contribution in [2.24, 2.45) is 0 Å². The molecule has 58 valence electrons. The fraction of sp³-hybridized carbons (Fsp3) is 0.286. The van der Waals surface area contributed by atoms with Crippen molar-refractivity contribution in [1.82, 2.24) is 4.98 Å². The molecule has 3 nitrogen and oxygen atoms in total. The molecule has 0 amide bonds. The Morgan fingerprint density at radius 3 is 3.36 bits per heavy atom. The zero-order valence-corrected chi connectivity index (χ0v) is 6.56. The number of nitrogens with zero attached hydrogens (tertiary/aromatic N) is 1. The molecule has 0 spiro atoms. The molecule has 11 heavy (non-hydrogen) atoms. The van der Waals surface area contributed by atoms with Gasteiger partial charge in [0, 0.05) is 6.20 Å². The molecule has 0 radical (unpaired) electrons. The molecule has 1 N–H and O–H groups in total. The van der Waals surface area contributed by atoms with Crippen molar-refractivity contribution in [3.05, 3.63) is 17.3 Å². The second kappa shape index (κ2) is 2.58. The lowest BCUT2D eigenvalue weighted by Crippen LogP contribution is -2.19. The Morgan fingerprint density at radius 2 is 2.55 bits per heavy atom. The molecule has 1 aliphatic rings. The Kier molecular flexibility index (Phi) is 1.58. The fourth-order valence-electron chi connectivity index (χ4n) is 1.01. The van der Waals surface area contributed by atoms with Gasteiger partial charge in [-0.05, 0) is 6.07 Å². The van der Waals surface area contributed by atoms with E-state index in [1.807, 2.05) is 0 Å². The van der Waals surface area contributed by atoms with Gasteiger partial charge in [0.05, 0.1) is 11.6 Å². The maximum atomic E-state index is 5.84. The minimum absolute atomic E-state index is 0.613. The Hall–Kier alpha value is -0.960. The summed E-state index contributed by atoms with van der Waals surface area (Å²) in [4.78, 5) is 4.06. The summed E-state index contributed by atoms with van der Waals surface area (Å²) in [6, 6.07) is 1.72. The standard InChI is InChI=1S/C7H7ClN2O/c8-5-1-2-9-7-6(5)11-4-3-10-7/h1-2H,3-4H2,(H,9,10). The minimum Gasteiger partial charge on any atom is -0.486 e. The summed E-state index contributed by atoms with van der Waals surface area (Å²) in [5.41, 5.74) is 0. The minimum atomic E-state index is 0.613. The highest BCUT2D eigenvalue weighted by atomic mass is 35.5. The van der Waals surface area contributed by atoms with Crippen molar-refractivity contribution in [2.75, 3.05) is 18.5 Å². The topological polar surface area (TPSA) is 34.1 Å². The molecular weight excluding hydrogens is 164 g/mol. The van der Waals surface area contributed by atoms with Gasteiger partial charge in [0.2, 0.25) is 0 Å². The molecule has 0 aliphatic carbocycles. The summed E-state index contributed by atoms with van der Waals surface area (Å²) in [6.45, 7) is 1.44. The van der Waals surface area contributed by atoms with Gasteiger partial charge in [0.25, 0.3) is 0 Å². The van der Waals surface area contributed by atoms with Gasteiger partial charge in [0.1, 0.15) is 6.61 Å². The van der Waals surface area contributed by atoms with Crippen molar-refractivity contribution < 1.29 is 4.74 Å². The number of aromatic nitrogens is 1. The fourth-order valence-corrected chi connectivity index (χ4v) is 1.21. The maximum absolute atomic E-state index is 5.84. The van der Waals surface area contributed by atoms with Crippen LogP contribution in [0.1, 0.15) is 0 Å². The average molecular weight is 171 g/mol. The van der Waals surface area contributed by atoms with Crippen molar-refractivity contribution in [3.63, 3.8) is 0 Å². The molecule has 0 fully saturated rings. The normalized spacial score (nSPS) is 14.6. The summed E-state index contributed by atoms with van der Waals surface area (Å²) in [5, 5.41) is 3.70. The Bertz CT molecular complexity index is 277. The lowest BCUT2D eigenvalue weighted by atomic mass is 10.4. The predicted octanol–water partition coefficient (Wildman–Crippen LogP) is 1.54. The van der Waals surface area contributed by atoms with Gasteiger partial charge < -0.3 is 10.1 Å². The van der Waals surface area contributed by atoms with Crippen LogP contribution in [0.3, 0.4) is 0 Å². The van der Waals surface area contributed by atoms with Crippen LogP contribution in [0, 0.1) is 0 Å². The SMILES string of the molecule is Clc1ccnc2c1OCCN2. The number of fused-ring (bicyclic) bond motifs is 1. The van der Waals surface area contributed by atoms with E-state index >= 15 is 0 Å². The number of hydrogen-bond acceptors (Lipinski definition) is 3. The van der Waals surface area contributed by atoms with E-state index < -0.39 is 0 Å². The average Bonchev–Trinajstić information content (AvgIpc) is 2.06. The summed E-state index contributed by atoms with van der Waals surface area (Å²) in [5.74, 6) is 1.41. The van der Waals surface area contributed by atoms with Gasteiger partial charge in [0.15, 0.2) is 11.6 Å². The van der Waals surface area contributed by atoms with Crippen LogP contribution in [0.25, 0.3) is 0 Å². The number of anilines is 1. The number of hydrogen-bond donors (Lipinski definition) is 1. The van der Waals surface area contributed by atoms with Crippen LogP contribution in [0.2, 0.25) is 5.02 Å². The van der Waals surface area contributed by atoms with E-state index in [2.05, 4.69) is 10.3 Å². The van der Waals surface area contributed by atoms with Gasteiger partial charge in [-0.3, -0.25) is 0 Å². The smallest absolute Gasteiger partial charge is 0.180 e. The number of rotatable bonds is 0. The van der Waals surface area contributed by atoms with Crippen LogP contribution in [0.15, 0.2) is 12.3 Å². The first-order valence-corrected chi connectivity index (χ1v) is 3.77.